The Balaban J connectivity index is 1.41. The molecule has 1 aromatic carbocycles. The molecule has 0 saturated heterocycles. The molecule has 3 N–H and O–H groups in total. The number of carbonyl (C=O) groups excluding carboxylic acids is 1. The summed E-state index contributed by atoms with van der Waals surface area (Å²) in [6.45, 7) is 2.81. The first-order valence-electron chi connectivity index (χ1n) is 12.9. The fourth-order valence-corrected chi connectivity index (χ4v) is 7.09. The second kappa shape index (κ2) is 8.23. The average Bonchev–Trinajstić information content (AvgIpc) is 3.59. The van der Waals surface area contributed by atoms with Crippen LogP contribution in [0.5, 0.6) is 0 Å². The Morgan fingerprint density at radius 1 is 1.18 bits per heavy atom. The normalized spacial score (nSPS) is 17.8. The molecule has 2 aliphatic carbocycles. The molecule has 0 unspecified atom stereocenters. The minimum atomic E-state index is -4.26. The van der Waals surface area contributed by atoms with E-state index in [-0.39, 0.29) is 5.56 Å². The first kappa shape index (κ1) is 23.6. The molecule has 1 aliphatic heterocycles. The van der Waals surface area contributed by atoms with Crippen LogP contribution in [0.3, 0.4) is 0 Å². The van der Waals surface area contributed by atoms with E-state index < -0.39 is 26.6 Å². The maximum Gasteiger partial charge on any atom is 0.260 e. The fraction of sp³-hybridized carbons (Fsp3) is 0.370. The van der Waals surface area contributed by atoms with Crippen molar-refractivity contribution in [1.82, 2.24) is 19.4 Å². The molecule has 11 heteroatoms. The van der Waals surface area contributed by atoms with Crippen LogP contribution in [0.4, 0.5) is 5.69 Å². The number of primary sulfonamides is 1. The third-order valence-corrected chi connectivity index (χ3v) is 9.04. The van der Waals surface area contributed by atoms with E-state index in [1.54, 1.807) is 15.4 Å². The molecule has 1 amide bonds. The lowest BCUT2D eigenvalue weighted by molar-refractivity contribution is -0.131. The molecule has 7 rings (SSSR count). The van der Waals surface area contributed by atoms with E-state index in [4.69, 9.17) is 9.88 Å². The van der Waals surface area contributed by atoms with Gasteiger partial charge in [0.05, 0.1) is 30.0 Å². The largest absolute Gasteiger partial charge is 0.367 e. The molecule has 38 heavy (non-hydrogen) atoms. The summed E-state index contributed by atoms with van der Waals surface area (Å²) < 4.78 is 34.8. The Labute approximate surface area is 219 Å². The van der Waals surface area contributed by atoms with E-state index >= 15 is 0 Å². The Morgan fingerprint density at radius 3 is 2.79 bits per heavy atom. The van der Waals surface area contributed by atoms with E-state index in [2.05, 4.69) is 21.6 Å². The number of sulfonamides is 1. The number of fused-ring (bicyclic) bond motifs is 4. The van der Waals surface area contributed by atoms with E-state index in [1.807, 2.05) is 31.3 Å². The highest BCUT2D eigenvalue weighted by Crippen LogP contribution is 2.49. The summed E-state index contributed by atoms with van der Waals surface area (Å²) in [6.07, 6.45) is 8.74. The van der Waals surface area contributed by atoms with E-state index in [0.717, 1.165) is 53.5 Å². The minimum Gasteiger partial charge on any atom is -0.367 e. The number of nitrogens with zero attached hydrogens (tertiary/aromatic N) is 4. The standard InChI is InChI=1S/C27H28N6O4S/c1-16-14-17-4-2-5-20(17)23(21(16)18-7-11-32-19(15-18)6-10-29-32)30-25(34)22-24-27(8-3-9-27)37-13-12-33(24)31-26(22)38(28,35)36/h6-7,10-11,14-15H,2-5,8-9,12-13H2,1H3,(H,30,34)(H2,28,35,36). The van der Waals surface area contributed by atoms with Gasteiger partial charge in [-0.05, 0) is 85.9 Å². The Hall–Kier alpha value is -3.54. The highest BCUT2D eigenvalue weighted by Gasteiger charge is 2.49. The van der Waals surface area contributed by atoms with Crippen molar-refractivity contribution in [1.29, 1.82) is 0 Å². The maximum atomic E-state index is 14.2. The third-order valence-electron chi connectivity index (χ3n) is 8.22. The number of ether oxygens (including phenoxy) is 1. The first-order chi connectivity index (χ1) is 18.2. The van der Waals surface area contributed by atoms with Gasteiger partial charge in [-0.2, -0.15) is 10.2 Å². The molecule has 3 aromatic heterocycles. The van der Waals surface area contributed by atoms with Crippen LogP contribution in [0.2, 0.25) is 0 Å². The molecular weight excluding hydrogens is 504 g/mol. The lowest BCUT2D eigenvalue weighted by Crippen LogP contribution is -2.45. The number of aryl methyl sites for hydroxylation is 2. The molecule has 1 fully saturated rings. The zero-order valence-corrected chi connectivity index (χ0v) is 21.8. The molecule has 4 aromatic rings. The summed E-state index contributed by atoms with van der Waals surface area (Å²) in [5.74, 6) is -0.529. The van der Waals surface area contributed by atoms with Crippen molar-refractivity contribution in [2.24, 2.45) is 5.14 Å². The third kappa shape index (κ3) is 3.45. The lowest BCUT2D eigenvalue weighted by atomic mass is 9.75. The van der Waals surface area contributed by atoms with E-state index in [9.17, 15) is 13.2 Å². The summed E-state index contributed by atoms with van der Waals surface area (Å²) in [4.78, 5) is 14.2. The van der Waals surface area contributed by atoms with Crippen LogP contribution < -0.4 is 10.5 Å². The van der Waals surface area contributed by atoms with Gasteiger partial charge in [-0.25, -0.2) is 18.1 Å². The van der Waals surface area contributed by atoms with Crippen LogP contribution in [-0.2, 0) is 39.7 Å². The molecule has 196 valence electrons. The number of rotatable bonds is 4. The summed E-state index contributed by atoms with van der Waals surface area (Å²) in [7, 11) is -4.26. The maximum absolute atomic E-state index is 14.2. The predicted octanol–water partition coefficient (Wildman–Crippen LogP) is 3.30. The summed E-state index contributed by atoms with van der Waals surface area (Å²) in [6, 6.07) is 8.15. The van der Waals surface area contributed by atoms with Gasteiger partial charge in [0.25, 0.3) is 15.9 Å². The molecule has 3 aliphatic rings. The van der Waals surface area contributed by atoms with Gasteiger partial charge in [-0.15, -0.1) is 0 Å². The number of hydrogen-bond acceptors (Lipinski definition) is 6. The molecule has 0 atom stereocenters. The molecule has 1 saturated carbocycles. The van der Waals surface area contributed by atoms with Gasteiger partial charge in [-0.3, -0.25) is 9.48 Å². The Morgan fingerprint density at radius 2 is 2.03 bits per heavy atom. The SMILES string of the molecule is Cc1cc2c(c(NC(=O)c3c(S(N)(=O)=O)nn4c3C3(CCC3)OCC4)c1-c1ccn3nccc3c1)CCC2. The van der Waals surface area contributed by atoms with Crippen molar-refractivity contribution < 1.29 is 17.9 Å². The van der Waals surface area contributed by atoms with Crippen molar-refractivity contribution in [3.63, 3.8) is 0 Å². The Bertz CT molecular complexity index is 1750. The number of hydrogen-bond donors (Lipinski definition) is 2. The number of carbonyl (C=O) groups is 1. The fourth-order valence-electron chi connectivity index (χ4n) is 6.40. The molecule has 0 radical (unpaired) electrons. The van der Waals surface area contributed by atoms with Gasteiger partial charge >= 0.3 is 0 Å². The van der Waals surface area contributed by atoms with Crippen LogP contribution in [-0.4, -0.2) is 40.3 Å². The monoisotopic (exact) mass is 532 g/mol. The number of aromatic nitrogens is 4. The van der Waals surface area contributed by atoms with Gasteiger partial charge in [0.1, 0.15) is 11.2 Å². The quantitative estimate of drug-likeness (QED) is 0.414. The summed E-state index contributed by atoms with van der Waals surface area (Å²) in [5.41, 5.74) is 6.64. The van der Waals surface area contributed by atoms with Crippen molar-refractivity contribution in [3.8, 4) is 11.1 Å². The number of nitrogens with two attached hydrogens (primary N) is 1. The van der Waals surface area contributed by atoms with Gasteiger partial charge < -0.3 is 10.1 Å². The highest BCUT2D eigenvalue weighted by molar-refractivity contribution is 7.89. The molecular formula is C27H28N6O4S. The van der Waals surface area contributed by atoms with Crippen LogP contribution in [0.25, 0.3) is 16.6 Å². The van der Waals surface area contributed by atoms with Crippen molar-refractivity contribution in [2.45, 2.75) is 62.6 Å². The van der Waals surface area contributed by atoms with E-state index in [0.29, 0.717) is 37.4 Å². The molecule has 1 spiro atoms. The lowest BCUT2D eigenvalue weighted by Gasteiger charge is -2.44. The van der Waals surface area contributed by atoms with Gasteiger partial charge in [0.2, 0.25) is 5.03 Å². The predicted molar refractivity (Wildman–Crippen MR) is 140 cm³/mol. The minimum absolute atomic E-state index is 0.00246. The van der Waals surface area contributed by atoms with Crippen LogP contribution in [0.1, 0.15) is 58.4 Å². The zero-order valence-electron chi connectivity index (χ0n) is 21.0. The van der Waals surface area contributed by atoms with Crippen molar-refractivity contribution >= 4 is 27.1 Å². The van der Waals surface area contributed by atoms with Crippen molar-refractivity contribution in [2.75, 3.05) is 11.9 Å². The summed E-state index contributed by atoms with van der Waals surface area (Å²) in [5, 5.41) is 17.0. The second-order valence-electron chi connectivity index (χ2n) is 10.5. The molecule has 4 heterocycles. The highest BCUT2D eigenvalue weighted by atomic mass is 32.2. The average molecular weight is 533 g/mol. The number of anilines is 1. The van der Waals surface area contributed by atoms with Crippen LogP contribution in [0.15, 0.2) is 41.7 Å². The van der Waals surface area contributed by atoms with Crippen molar-refractivity contribution in [3.05, 3.63) is 64.6 Å². The van der Waals surface area contributed by atoms with Gasteiger partial charge in [0.15, 0.2) is 0 Å². The number of amides is 1. The van der Waals surface area contributed by atoms with E-state index in [1.165, 1.54) is 5.56 Å². The topological polar surface area (TPSA) is 134 Å². The Kier molecular flexibility index (Phi) is 5.10. The molecule has 10 nitrogen and oxygen atoms in total. The molecule has 0 bridgehead atoms. The van der Waals surface area contributed by atoms with Crippen LogP contribution in [0, 0.1) is 6.92 Å². The van der Waals surface area contributed by atoms with Crippen LogP contribution >= 0.6 is 0 Å². The number of benzene rings is 1. The van der Waals surface area contributed by atoms with Gasteiger partial charge in [0, 0.05) is 18.0 Å². The first-order valence-corrected chi connectivity index (χ1v) is 14.5. The van der Waals surface area contributed by atoms with Gasteiger partial charge in [-0.1, -0.05) is 6.07 Å². The summed E-state index contributed by atoms with van der Waals surface area (Å²) >= 11 is 0. The zero-order chi connectivity index (χ0) is 26.2. The number of pyridine rings is 1. The number of nitrogens with one attached hydrogen (secondary N) is 1. The second-order valence-corrected chi connectivity index (χ2v) is 12.0. The smallest absolute Gasteiger partial charge is 0.260 e.